The van der Waals surface area contributed by atoms with Crippen molar-refractivity contribution in [2.75, 3.05) is 11.9 Å². The van der Waals surface area contributed by atoms with Crippen molar-refractivity contribution in [2.45, 2.75) is 67.4 Å². The standard InChI is InChI=1S/C25H39N3O5/c1-16(2)17(3)21(29)14-19(8-7-13-27-24(26)32)22(30)28-20-11-9-18(10-12-20)15-33-23(31)25(4,5)6/h9-12,16-17,19H,7-8,13-15H2,1-6H3,(H,28,30)(H3,26,27,32)/t17-,19+/m1/s1. The van der Waals surface area contributed by atoms with Crippen molar-refractivity contribution in [3.05, 3.63) is 29.8 Å². The lowest BCUT2D eigenvalue weighted by Crippen LogP contribution is -2.32. The van der Waals surface area contributed by atoms with E-state index < -0.39 is 17.4 Å². The van der Waals surface area contributed by atoms with Gasteiger partial charge in [0.15, 0.2) is 0 Å². The van der Waals surface area contributed by atoms with E-state index in [1.807, 2.05) is 20.8 Å². The van der Waals surface area contributed by atoms with Gasteiger partial charge in [0.05, 0.1) is 5.41 Å². The Bertz CT molecular complexity index is 812. The van der Waals surface area contributed by atoms with Crippen LogP contribution in [-0.2, 0) is 25.7 Å². The third-order valence-corrected chi connectivity index (χ3v) is 5.56. The second-order valence-corrected chi connectivity index (χ2v) is 9.85. The maximum Gasteiger partial charge on any atom is 0.312 e. The molecular weight excluding hydrogens is 422 g/mol. The van der Waals surface area contributed by atoms with Crippen LogP contribution in [0.3, 0.4) is 0 Å². The lowest BCUT2D eigenvalue weighted by molar-refractivity contribution is -0.154. The quantitative estimate of drug-likeness (QED) is 0.320. The van der Waals surface area contributed by atoms with Crippen LogP contribution in [0.5, 0.6) is 0 Å². The summed E-state index contributed by atoms with van der Waals surface area (Å²) in [6.45, 7) is 11.7. The molecule has 2 atom stereocenters. The molecule has 184 valence electrons. The summed E-state index contributed by atoms with van der Waals surface area (Å²) in [5.41, 5.74) is 5.92. The molecule has 3 amide bonds. The van der Waals surface area contributed by atoms with Crippen molar-refractivity contribution >= 4 is 29.4 Å². The Morgan fingerprint density at radius 1 is 1.03 bits per heavy atom. The highest BCUT2D eigenvalue weighted by Gasteiger charge is 2.26. The summed E-state index contributed by atoms with van der Waals surface area (Å²) in [6, 6.07) is 6.42. The van der Waals surface area contributed by atoms with Crippen molar-refractivity contribution in [2.24, 2.45) is 28.9 Å². The van der Waals surface area contributed by atoms with E-state index >= 15 is 0 Å². The number of esters is 1. The average Bonchev–Trinajstić information content (AvgIpc) is 2.73. The molecule has 1 aromatic carbocycles. The normalized spacial score (nSPS) is 13.2. The zero-order valence-electron chi connectivity index (χ0n) is 20.7. The first-order valence-electron chi connectivity index (χ1n) is 11.4. The fourth-order valence-electron chi connectivity index (χ4n) is 2.98. The van der Waals surface area contributed by atoms with E-state index in [4.69, 9.17) is 10.5 Å². The number of rotatable bonds is 12. The minimum absolute atomic E-state index is 0.0454. The van der Waals surface area contributed by atoms with Gasteiger partial charge in [-0.05, 0) is 57.2 Å². The fraction of sp³-hybridized carbons (Fsp3) is 0.600. The predicted molar refractivity (Wildman–Crippen MR) is 128 cm³/mol. The molecule has 33 heavy (non-hydrogen) atoms. The van der Waals surface area contributed by atoms with E-state index in [-0.39, 0.29) is 42.5 Å². The first kappa shape index (κ1) is 28.1. The van der Waals surface area contributed by atoms with Crippen molar-refractivity contribution in [1.82, 2.24) is 5.32 Å². The lowest BCUT2D eigenvalue weighted by atomic mass is 9.86. The van der Waals surface area contributed by atoms with Gasteiger partial charge in [-0.15, -0.1) is 0 Å². The highest BCUT2D eigenvalue weighted by molar-refractivity contribution is 5.95. The molecule has 0 aliphatic rings. The monoisotopic (exact) mass is 461 g/mol. The third kappa shape index (κ3) is 10.5. The van der Waals surface area contributed by atoms with Crippen LogP contribution < -0.4 is 16.4 Å². The van der Waals surface area contributed by atoms with Crippen LogP contribution in [0.25, 0.3) is 0 Å². The lowest BCUT2D eigenvalue weighted by Gasteiger charge is -2.20. The molecule has 0 unspecified atom stereocenters. The van der Waals surface area contributed by atoms with Gasteiger partial charge in [-0.25, -0.2) is 4.79 Å². The maximum absolute atomic E-state index is 12.9. The summed E-state index contributed by atoms with van der Waals surface area (Å²) in [5, 5.41) is 5.38. The van der Waals surface area contributed by atoms with E-state index in [0.29, 0.717) is 25.1 Å². The van der Waals surface area contributed by atoms with Crippen molar-refractivity contribution < 1.29 is 23.9 Å². The van der Waals surface area contributed by atoms with E-state index in [1.54, 1.807) is 45.0 Å². The summed E-state index contributed by atoms with van der Waals surface area (Å²) in [5.74, 6) is -0.944. The number of hydrogen-bond donors (Lipinski definition) is 3. The first-order valence-corrected chi connectivity index (χ1v) is 11.4. The summed E-state index contributed by atoms with van der Waals surface area (Å²) < 4.78 is 5.31. The molecule has 0 fully saturated rings. The molecule has 8 heteroatoms. The van der Waals surface area contributed by atoms with Crippen molar-refractivity contribution in [3.63, 3.8) is 0 Å². The third-order valence-electron chi connectivity index (χ3n) is 5.56. The van der Waals surface area contributed by atoms with Crippen LogP contribution in [0.1, 0.15) is 66.4 Å². The van der Waals surface area contributed by atoms with E-state index in [0.717, 1.165) is 5.56 Å². The van der Waals surface area contributed by atoms with Crippen molar-refractivity contribution in [3.8, 4) is 0 Å². The highest BCUT2D eigenvalue weighted by atomic mass is 16.5. The van der Waals surface area contributed by atoms with Crippen LogP contribution in [0.15, 0.2) is 24.3 Å². The fourth-order valence-corrected chi connectivity index (χ4v) is 2.98. The molecule has 1 aromatic rings. The number of ether oxygens (including phenoxy) is 1. The van der Waals surface area contributed by atoms with Gasteiger partial charge in [-0.3, -0.25) is 14.4 Å². The molecule has 0 aromatic heterocycles. The van der Waals surface area contributed by atoms with Gasteiger partial charge in [-0.1, -0.05) is 32.9 Å². The van der Waals surface area contributed by atoms with Gasteiger partial charge >= 0.3 is 12.0 Å². The summed E-state index contributed by atoms with van der Waals surface area (Å²) in [7, 11) is 0. The first-order chi connectivity index (χ1) is 15.3. The number of amides is 3. The molecule has 8 nitrogen and oxygen atoms in total. The Morgan fingerprint density at radius 2 is 1.64 bits per heavy atom. The number of primary amides is 1. The minimum Gasteiger partial charge on any atom is -0.460 e. The Labute approximate surface area is 197 Å². The Morgan fingerprint density at radius 3 is 2.15 bits per heavy atom. The van der Waals surface area contributed by atoms with Crippen LogP contribution in [0, 0.1) is 23.2 Å². The molecule has 1 rings (SSSR count). The number of urea groups is 1. The molecule has 0 spiro atoms. The molecule has 0 radical (unpaired) electrons. The van der Waals surface area contributed by atoms with Gasteiger partial charge in [0.2, 0.25) is 5.91 Å². The molecule has 4 N–H and O–H groups in total. The van der Waals surface area contributed by atoms with E-state index in [9.17, 15) is 19.2 Å². The topological polar surface area (TPSA) is 128 Å². The average molecular weight is 462 g/mol. The number of carbonyl (C=O) groups excluding carboxylic acids is 4. The predicted octanol–water partition coefficient (Wildman–Crippen LogP) is 4.03. The number of hydrogen-bond acceptors (Lipinski definition) is 5. The minimum atomic E-state index is -0.617. The second-order valence-electron chi connectivity index (χ2n) is 9.85. The SMILES string of the molecule is CC(C)[C@@H](C)C(=O)C[C@H](CCCNC(N)=O)C(=O)Nc1ccc(COC(=O)C(C)(C)C)cc1. The van der Waals surface area contributed by atoms with Crippen LogP contribution in [-0.4, -0.2) is 30.2 Å². The van der Waals surface area contributed by atoms with Crippen LogP contribution in [0.4, 0.5) is 10.5 Å². The number of ketones is 1. The largest absolute Gasteiger partial charge is 0.460 e. The number of benzene rings is 1. The number of nitrogens with one attached hydrogen (secondary N) is 2. The summed E-state index contributed by atoms with van der Waals surface area (Å²) in [6.07, 6.45) is 1.12. The number of anilines is 1. The molecule has 0 saturated carbocycles. The summed E-state index contributed by atoms with van der Waals surface area (Å²) in [4.78, 5) is 48.3. The summed E-state index contributed by atoms with van der Waals surface area (Å²) >= 11 is 0. The molecule has 0 aliphatic heterocycles. The smallest absolute Gasteiger partial charge is 0.312 e. The molecule has 0 heterocycles. The molecule has 0 bridgehead atoms. The zero-order valence-corrected chi connectivity index (χ0v) is 20.7. The van der Waals surface area contributed by atoms with Crippen LogP contribution in [0.2, 0.25) is 0 Å². The van der Waals surface area contributed by atoms with Crippen molar-refractivity contribution in [1.29, 1.82) is 0 Å². The van der Waals surface area contributed by atoms with E-state index in [2.05, 4.69) is 10.6 Å². The second kappa shape index (κ2) is 13.0. The zero-order chi connectivity index (χ0) is 25.2. The maximum atomic E-state index is 12.9. The molecular formula is C25H39N3O5. The van der Waals surface area contributed by atoms with Gasteiger partial charge < -0.3 is 21.1 Å². The highest BCUT2D eigenvalue weighted by Crippen LogP contribution is 2.22. The van der Waals surface area contributed by atoms with Gasteiger partial charge in [0, 0.05) is 30.5 Å². The van der Waals surface area contributed by atoms with Crippen LogP contribution >= 0.6 is 0 Å². The van der Waals surface area contributed by atoms with Gasteiger partial charge in [0.25, 0.3) is 0 Å². The Balaban J connectivity index is 2.76. The van der Waals surface area contributed by atoms with E-state index in [1.165, 1.54) is 0 Å². The Hall–Kier alpha value is -2.90. The number of nitrogens with two attached hydrogens (primary N) is 1. The molecule has 0 aliphatic carbocycles. The number of Topliss-reactive ketones (excluding diaryl/α,β-unsaturated/α-hetero) is 1. The van der Waals surface area contributed by atoms with Gasteiger partial charge in [-0.2, -0.15) is 0 Å². The Kier molecular flexibility index (Phi) is 11.1. The van der Waals surface area contributed by atoms with Gasteiger partial charge in [0.1, 0.15) is 12.4 Å². The number of carbonyl (C=O) groups is 4. The molecule has 0 saturated heterocycles.